The maximum Gasteiger partial charge on any atom is 0.253 e. The van der Waals surface area contributed by atoms with Gasteiger partial charge in [-0.3, -0.25) is 9.69 Å². The molecule has 0 atom stereocenters. The minimum atomic E-state index is 0.153. The average molecular weight is 389 g/mol. The highest BCUT2D eigenvalue weighted by atomic mass is 32.1. The number of amides is 1. The van der Waals surface area contributed by atoms with Crippen LogP contribution in [0.2, 0.25) is 0 Å². The molecule has 3 aromatic rings. The second kappa shape index (κ2) is 7.19. The van der Waals surface area contributed by atoms with Gasteiger partial charge in [0.25, 0.3) is 5.91 Å². The second-order valence-electron chi connectivity index (χ2n) is 7.90. The average Bonchev–Trinajstić information content (AvgIpc) is 3.15. The molecule has 0 N–H and O–H groups in total. The van der Waals surface area contributed by atoms with Crippen LogP contribution in [0.25, 0.3) is 11.1 Å². The number of rotatable bonds is 3. The summed E-state index contributed by atoms with van der Waals surface area (Å²) in [6.45, 7) is 5.94. The quantitative estimate of drug-likeness (QED) is 0.654. The second-order valence-corrected chi connectivity index (χ2v) is 8.90. The van der Waals surface area contributed by atoms with Gasteiger partial charge in [0.1, 0.15) is 0 Å². The minimum absolute atomic E-state index is 0.153. The number of fused-ring (bicyclic) bond motifs is 1. The van der Waals surface area contributed by atoms with Crippen molar-refractivity contribution in [3.05, 3.63) is 81.5 Å². The SMILES string of the molecule is Cc1ccc(-c2ccc(C(=O)N3CC(N4CCc5sccc5C4)C3)cc2)cc1. The van der Waals surface area contributed by atoms with Crippen LogP contribution >= 0.6 is 11.3 Å². The molecule has 28 heavy (non-hydrogen) atoms. The number of thiophene rings is 1. The molecule has 1 amide bonds. The minimum Gasteiger partial charge on any atom is -0.335 e. The predicted molar refractivity (Wildman–Crippen MR) is 115 cm³/mol. The molecule has 4 heteroatoms. The van der Waals surface area contributed by atoms with Gasteiger partial charge in [-0.1, -0.05) is 42.0 Å². The van der Waals surface area contributed by atoms with Crippen LogP contribution in [-0.2, 0) is 13.0 Å². The molecular formula is C24H24N2OS. The molecule has 142 valence electrons. The van der Waals surface area contributed by atoms with E-state index >= 15 is 0 Å². The normalized spacial score (nSPS) is 17.2. The Labute approximate surface area is 170 Å². The van der Waals surface area contributed by atoms with Crippen molar-refractivity contribution in [2.75, 3.05) is 19.6 Å². The first-order valence-electron chi connectivity index (χ1n) is 9.93. The molecule has 1 aromatic heterocycles. The number of aryl methyl sites for hydroxylation is 1. The van der Waals surface area contributed by atoms with E-state index in [2.05, 4.69) is 59.7 Å². The molecule has 0 saturated carbocycles. The van der Waals surface area contributed by atoms with Crippen LogP contribution in [-0.4, -0.2) is 41.4 Å². The number of hydrogen-bond donors (Lipinski definition) is 0. The number of nitrogens with zero attached hydrogens (tertiary/aromatic N) is 2. The van der Waals surface area contributed by atoms with Crippen molar-refractivity contribution in [2.24, 2.45) is 0 Å². The lowest BCUT2D eigenvalue weighted by Gasteiger charge is -2.46. The standard InChI is InChI=1S/C24H24N2OS/c1-17-2-4-18(5-3-17)19-6-8-20(9-7-19)24(27)26-15-22(16-26)25-12-10-23-21(14-25)11-13-28-23/h2-9,11,13,22H,10,12,14-16H2,1H3. The first kappa shape index (κ1) is 17.7. The maximum atomic E-state index is 12.8. The lowest BCUT2D eigenvalue weighted by atomic mass is 9.99. The van der Waals surface area contributed by atoms with Gasteiger partial charge in [0.05, 0.1) is 0 Å². The van der Waals surface area contributed by atoms with Gasteiger partial charge in [0.2, 0.25) is 0 Å². The number of carbonyl (C=O) groups excluding carboxylic acids is 1. The van der Waals surface area contributed by atoms with Gasteiger partial charge < -0.3 is 4.90 Å². The zero-order valence-corrected chi connectivity index (χ0v) is 16.9. The fourth-order valence-corrected chi connectivity index (χ4v) is 5.06. The molecule has 3 heterocycles. The Morgan fingerprint density at radius 1 is 0.964 bits per heavy atom. The summed E-state index contributed by atoms with van der Waals surface area (Å²) in [4.78, 5) is 18.9. The van der Waals surface area contributed by atoms with Gasteiger partial charge in [-0.15, -0.1) is 11.3 Å². The molecule has 2 aliphatic rings. The fraction of sp³-hybridized carbons (Fsp3) is 0.292. The summed E-state index contributed by atoms with van der Waals surface area (Å²) in [5.74, 6) is 0.153. The summed E-state index contributed by atoms with van der Waals surface area (Å²) >= 11 is 1.88. The Morgan fingerprint density at radius 3 is 2.36 bits per heavy atom. The number of carbonyl (C=O) groups is 1. The van der Waals surface area contributed by atoms with Crippen molar-refractivity contribution < 1.29 is 4.79 Å². The van der Waals surface area contributed by atoms with E-state index in [1.165, 1.54) is 21.6 Å². The molecule has 0 bridgehead atoms. The van der Waals surface area contributed by atoms with Gasteiger partial charge in [-0.05, 0) is 53.6 Å². The van der Waals surface area contributed by atoms with Crippen LogP contribution in [0.15, 0.2) is 60.0 Å². The van der Waals surface area contributed by atoms with Gasteiger partial charge in [0.15, 0.2) is 0 Å². The van der Waals surface area contributed by atoms with Crippen molar-refractivity contribution in [1.29, 1.82) is 0 Å². The van der Waals surface area contributed by atoms with E-state index in [0.29, 0.717) is 6.04 Å². The van der Waals surface area contributed by atoms with Crippen LogP contribution in [0, 0.1) is 6.92 Å². The lowest BCUT2D eigenvalue weighted by Crippen LogP contribution is -2.61. The highest BCUT2D eigenvalue weighted by molar-refractivity contribution is 7.10. The molecule has 0 aliphatic carbocycles. The topological polar surface area (TPSA) is 23.6 Å². The summed E-state index contributed by atoms with van der Waals surface area (Å²) in [6.07, 6.45) is 1.15. The maximum absolute atomic E-state index is 12.8. The van der Waals surface area contributed by atoms with Crippen molar-refractivity contribution in [3.63, 3.8) is 0 Å². The molecule has 5 rings (SSSR count). The lowest BCUT2D eigenvalue weighted by molar-refractivity contribution is 0.0221. The molecule has 3 nitrogen and oxygen atoms in total. The van der Waals surface area contributed by atoms with Crippen LogP contribution < -0.4 is 0 Å². The van der Waals surface area contributed by atoms with Crippen LogP contribution in [0.1, 0.15) is 26.4 Å². The number of hydrogen-bond acceptors (Lipinski definition) is 3. The third-order valence-corrected chi connectivity index (χ3v) is 7.04. The molecule has 2 aliphatic heterocycles. The van der Waals surface area contributed by atoms with E-state index in [4.69, 9.17) is 0 Å². The van der Waals surface area contributed by atoms with Crippen LogP contribution in [0.3, 0.4) is 0 Å². The van der Waals surface area contributed by atoms with Crippen molar-refractivity contribution >= 4 is 17.2 Å². The van der Waals surface area contributed by atoms with Crippen LogP contribution in [0.5, 0.6) is 0 Å². The molecule has 0 spiro atoms. The Balaban J connectivity index is 1.20. The Hall–Kier alpha value is -2.43. The summed E-state index contributed by atoms with van der Waals surface area (Å²) in [5.41, 5.74) is 5.86. The zero-order valence-electron chi connectivity index (χ0n) is 16.1. The fourth-order valence-electron chi connectivity index (χ4n) is 4.17. The van der Waals surface area contributed by atoms with Crippen molar-refractivity contribution in [3.8, 4) is 11.1 Å². The van der Waals surface area contributed by atoms with Gasteiger partial charge in [-0.25, -0.2) is 0 Å². The molecular weight excluding hydrogens is 364 g/mol. The van der Waals surface area contributed by atoms with Gasteiger partial charge >= 0.3 is 0 Å². The summed E-state index contributed by atoms with van der Waals surface area (Å²) < 4.78 is 0. The molecule has 1 saturated heterocycles. The van der Waals surface area contributed by atoms with Crippen LogP contribution in [0.4, 0.5) is 0 Å². The van der Waals surface area contributed by atoms with E-state index in [9.17, 15) is 4.79 Å². The Kier molecular flexibility index (Phi) is 4.53. The molecule has 0 radical (unpaired) electrons. The Bertz CT molecular complexity index is 984. The van der Waals surface area contributed by atoms with E-state index in [1.54, 1.807) is 0 Å². The van der Waals surface area contributed by atoms with Crippen molar-refractivity contribution in [2.45, 2.75) is 25.9 Å². The number of benzene rings is 2. The highest BCUT2D eigenvalue weighted by Crippen LogP contribution is 2.28. The summed E-state index contributed by atoms with van der Waals surface area (Å²) in [6, 6.07) is 19.3. The first-order chi connectivity index (χ1) is 13.7. The van der Waals surface area contributed by atoms with Gasteiger partial charge in [0, 0.05) is 42.7 Å². The smallest absolute Gasteiger partial charge is 0.253 e. The van der Waals surface area contributed by atoms with Gasteiger partial charge in [-0.2, -0.15) is 0 Å². The first-order valence-corrected chi connectivity index (χ1v) is 10.8. The van der Waals surface area contributed by atoms with E-state index < -0.39 is 0 Å². The van der Waals surface area contributed by atoms with E-state index in [-0.39, 0.29) is 5.91 Å². The zero-order chi connectivity index (χ0) is 19.1. The van der Waals surface area contributed by atoms with E-state index in [1.807, 2.05) is 28.4 Å². The molecule has 2 aromatic carbocycles. The molecule has 1 fully saturated rings. The predicted octanol–water partition coefficient (Wildman–Crippen LogP) is 4.61. The largest absolute Gasteiger partial charge is 0.335 e. The number of likely N-dealkylation sites (tertiary alicyclic amines) is 1. The third-order valence-electron chi connectivity index (χ3n) is 6.02. The summed E-state index contributed by atoms with van der Waals surface area (Å²) in [7, 11) is 0. The Morgan fingerprint density at radius 2 is 1.64 bits per heavy atom. The molecule has 0 unspecified atom stereocenters. The van der Waals surface area contributed by atoms with E-state index in [0.717, 1.165) is 43.7 Å². The third kappa shape index (κ3) is 3.27. The van der Waals surface area contributed by atoms with Crippen molar-refractivity contribution in [1.82, 2.24) is 9.80 Å². The monoisotopic (exact) mass is 388 g/mol. The summed E-state index contributed by atoms with van der Waals surface area (Å²) in [5, 5.41) is 2.20. The highest BCUT2D eigenvalue weighted by Gasteiger charge is 2.36.